The molecule has 2 atom stereocenters. The average molecular weight is 513 g/mol. The first kappa shape index (κ1) is 27.2. The summed E-state index contributed by atoms with van der Waals surface area (Å²) in [7, 11) is 0. The molecular formula is C29H40N2O6. The fraction of sp³-hybridized carbons (Fsp3) is 0.621. The third kappa shape index (κ3) is 7.12. The SMILES string of the molecule is CCCc1cc(=O)oc2cc(OCC(=O)NCCCCCC(=O)N3CC[C@@]4(O)CCCC[C@H]4C3)ccc12. The predicted octanol–water partition coefficient (Wildman–Crippen LogP) is 3.95. The largest absolute Gasteiger partial charge is 0.484 e. The van der Waals surface area contributed by atoms with Gasteiger partial charge in [-0.3, -0.25) is 9.59 Å². The number of piperidine rings is 1. The van der Waals surface area contributed by atoms with Gasteiger partial charge in [-0.15, -0.1) is 0 Å². The van der Waals surface area contributed by atoms with Crippen molar-refractivity contribution in [3.63, 3.8) is 0 Å². The van der Waals surface area contributed by atoms with Gasteiger partial charge in [0.1, 0.15) is 11.3 Å². The number of hydrogen-bond donors (Lipinski definition) is 2. The van der Waals surface area contributed by atoms with E-state index in [4.69, 9.17) is 9.15 Å². The highest BCUT2D eigenvalue weighted by Gasteiger charge is 2.43. The Morgan fingerprint density at radius 2 is 2.05 bits per heavy atom. The monoisotopic (exact) mass is 512 g/mol. The molecule has 37 heavy (non-hydrogen) atoms. The summed E-state index contributed by atoms with van der Waals surface area (Å²) in [6.45, 7) is 3.82. The fourth-order valence-electron chi connectivity index (χ4n) is 5.74. The smallest absolute Gasteiger partial charge is 0.336 e. The molecule has 2 aromatic rings. The topological polar surface area (TPSA) is 109 Å². The van der Waals surface area contributed by atoms with Crippen LogP contribution in [0.3, 0.4) is 0 Å². The molecule has 2 fully saturated rings. The standard InChI is InChI=1S/C29H40N2O6/c1-2-8-21-17-28(34)37-25-18-23(11-12-24(21)25)36-20-26(32)30-15-7-3-4-10-27(33)31-16-14-29(35)13-6-5-9-22(29)19-31/h11-12,17-18,22,35H,2-10,13-16,19-20H2,1H3,(H,30,32)/t22-,29-/m0/s1. The number of aliphatic hydroxyl groups is 1. The van der Waals surface area contributed by atoms with Crippen LogP contribution < -0.4 is 15.7 Å². The molecule has 1 aliphatic carbocycles. The number of rotatable bonds is 11. The number of nitrogens with zero attached hydrogens (tertiary/aromatic N) is 1. The number of carbonyl (C=O) groups is 2. The second-order valence-corrected chi connectivity index (χ2v) is 10.6. The number of carbonyl (C=O) groups excluding carboxylic acids is 2. The first-order chi connectivity index (χ1) is 17.9. The molecule has 8 nitrogen and oxygen atoms in total. The molecule has 0 unspecified atom stereocenters. The molecule has 8 heteroatoms. The maximum Gasteiger partial charge on any atom is 0.336 e. The molecule has 1 saturated heterocycles. The van der Waals surface area contributed by atoms with Crippen LogP contribution in [0.15, 0.2) is 33.5 Å². The van der Waals surface area contributed by atoms with Gasteiger partial charge >= 0.3 is 5.63 Å². The highest BCUT2D eigenvalue weighted by Crippen LogP contribution is 2.39. The van der Waals surface area contributed by atoms with Crippen LogP contribution >= 0.6 is 0 Å². The molecule has 1 saturated carbocycles. The van der Waals surface area contributed by atoms with Gasteiger partial charge in [-0.2, -0.15) is 0 Å². The highest BCUT2D eigenvalue weighted by atomic mass is 16.5. The van der Waals surface area contributed by atoms with E-state index in [0.717, 1.165) is 68.7 Å². The van der Waals surface area contributed by atoms with E-state index in [9.17, 15) is 19.5 Å². The van der Waals surface area contributed by atoms with Crippen molar-refractivity contribution in [2.45, 2.75) is 83.2 Å². The summed E-state index contributed by atoms with van der Waals surface area (Å²) in [6.07, 6.45) is 9.50. The molecule has 202 valence electrons. The first-order valence-corrected chi connectivity index (χ1v) is 13.8. The van der Waals surface area contributed by atoms with Crippen LogP contribution in [0.5, 0.6) is 5.75 Å². The van der Waals surface area contributed by atoms with E-state index in [1.165, 1.54) is 6.07 Å². The van der Waals surface area contributed by atoms with Gasteiger partial charge in [-0.1, -0.05) is 32.6 Å². The Morgan fingerprint density at radius 1 is 1.19 bits per heavy atom. The molecule has 0 bridgehead atoms. The van der Waals surface area contributed by atoms with Gasteiger partial charge in [0.05, 0.1) is 5.60 Å². The zero-order valence-electron chi connectivity index (χ0n) is 21.9. The van der Waals surface area contributed by atoms with E-state index in [2.05, 4.69) is 12.2 Å². The van der Waals surface area contributed by atoms with Crippen LogP contribution in [-0.2, 0) is 16.0 Å². The maximum absolute atomic E-state index is 12.6. The quantitative estimate of drug-likeness (QED) is 0.349. The molecule has 0 radical (unpaired) electrons. The number of ether oxygens (including phenoxy) is 1. The van der Waals surface area contributed by atoms with Crippen LogP contribution in [0.4, 0.5) is 0 Å². The number of likely N-dealkylation sites (tertiary alicyclic amines) is 1. The lowest BCUT2D eigenvalue weighted by atomic mass is 9.71. The Balaban J connectivity index is 1.11. The molecule has 1 aliphatic heterocycles. The summed E-state index contributed by atoms with van der Waals surface area (Å²) in [5.41, 5.74) is 0.466. The maximum atomic E-state index is 12.6. The molecule has 1 aromatic carbocycles. The molecule has 2 amide bonds. The lowest BCUT2D eigenvalue weighted by molar-refractivity contribution is -0.143. The number of fused-ring (bicyclic) bond motifs is 2. The van der Waals surface area contributed by atoms with Gasteiger partial charge in [-0.25, -0.2) is 4.79 Å². The zero-order chi connectivity index (χ0) is 26.3. The van der Waals surface area contributed by atoms with Crippen molar-refractivity contribution in [2.75, 3.05) is 26.2 Å². The van der Waals surface area contributed by atoms with Gasteiger partial charge in [0, 0.05) is 49.5 Å². The minimum atomic E-state index is -0.556. The van der Waals surface area contributed by atoms with Gasteiger partial charge in [0.15, 0.2) is 6.61 Å². The number of aryl methyl sites for hydroxylation is 1. The average Bonchev–Trinajstić information content (AvgIpc) is 2.88. The van der Waals surface area contributed by atoms with Gasteiger partial charge in [0.25, 0.3) is 5.91 Å². The van der Waals surface area contributed by atoms with Crippen LogP contribution in [0, 0.1) is 5.92 Å². The summed E-state index contributed by atoms with van der Waals surface area (Å²) in [4.78, 5) is 38.6. The van der Waals surface area contributed by atoms with Crippen molar-refractivity contribution < 1.29 is 23.8 Å². The molecule has 2 heterocycles. The number of hydrogen-bond acceptors (Lipinski definition) is 6. The third-order valence-corrected chi connectivity index (χ3v) is 7.86. The van der Waals surface area contributed by atoms with Crippen LogP contribution in [0.2, 0.25) is 0 Å². The van der Waals surface area contributed by atoms with E-state index in [1.54, 1.807) is 12.1 Å². The summed E-state index contributed by atoms with van der Waals surface area (Å²) in [5, 5.41) is 14.5. The van der Waals surface area contributed by atoms with Crippen molar-refractivity contribution in [2.24, 2.45) is 5.92 Å². The van der Waals surface area contributed by atoms with Gasteiger partial charge in [0.2, 0.25) is 5.91 Å². The molecule has 2 N–H and O–H groups in total. The second-order valence-electron chi connectivity index (χ2n) is 10.6. The number of benzene rings is 1. The van der Waals surface area contributed by atoms with Crippen molar-refractivity contribution in [1.82, 2.24) is 10.2 Å². The van der Waals surface area contributed by atoms with Crippen molar-refractivity contribution in [3.8, 4) is 5.75 Å². The minimum Gasteiger partial charge on any atom is -0.484 e. The Labute approximate surface area is 218 Å². The minimum absolute atomic E-state index is 0.120. The zero-order valence-corrected chi connectivity index (χ0v) is 21.9. The van der Waals surface area contributed by atoms with Gasteiger partial charge < -0.3 is 24.5 Å². The molecule has 4 rings (SSSR count). The molecule has 1 aromatic heterocycles. The number of amides is 2. The summed E-state index contributed by atoms with van der Waals surface area (Å²) in [5.74, 6) is 0.661. The van der Waals surface area contributed by atoms with Gasteiger partial charge in [-0.05, 0) is 56.2 Å². The summed E-state index contributed by atoms with van der Waals surface area (Å²) in [6, 6.07) is 6.82. The first-order valence-electron chi connectivity index (χ1n) is 13.8. The molecular weight excluding hydrogens is 472 g/mol. The Kier molecular flexibility index (Phi) is 9.24. The van der Waals surface area contributed by atoms with Crippen LogP contribution in [0.1, 0.15) is 76.7 Å². The van der Waals surface area contributed by atoms with E-state index in [-0.39, 0.29) is 30.0 Å². The van der Waals surface area contributed by atoms with Crippen molar-refractivity contribution >= 4 is 22.8 Å². The third-order valence-electron chi connectivity index (χ3n) is 7.86. The normalized spacial score (nSPS) is 21.5. The Bertz CT molecular complexity index is 1140. The Hall–Kier alpha value is -2.87. The number of nitrogens with one attached hydrogen (secondary N) is 1. The fourth-order valence-corrected chi connectivity index (χ4v) is 5.74. The van der Waals surface area contributed by atoms with E-state index >= 15 is 0 Å². The van der Waals surface area contributed by atoms with E-state index in [0.29, 0.717) is 43.8 Å². The molecule has 2 aliphatic rings. The molecule has 0 spiro atoms. The van der Waals surface area contributed by atoms with E-state index < -0.39 is 5.60 Å². The highest BCUT2D eigenvalue weighted by molar-refractivity contribution is 5.82. The lowest BCUT2D eigenvalue weighted by Crippen LogP contribution is -2.54. The van der Waals surface area contributed by atoms with E-state index in [1.807, 2.05) is 11.0 Å². The van der Waals surface area contributed by atoms with Crippen LogP contribution in [0.25, 0.3) is 11.0 Å². The second kappa shape index (κ2) is 12.6. The van der Waals surface area contributed by atoms with Crippen molar-refractivity contribution in [1.29, 1.82) is 0 Å². The summed E-state index contributed by atoms with van der Waals surface area (Å²) >= 11 is 0. The van der Waals surface area contributed by atoms with Crippen molar-refractivity contribution in [3.05, 3.63) is 40.2 Å². The summed E-state index contributed by atoms with van der Waals surface area (Å²) < 4.78 is 10.9. The van der Waals surface area contributed by atoms with Crippen LogP contribution in [-0.4, -0.2) is 53.7 Å². The Morgan fingerprint density at radius 3 is 2.89 bits per heavy atom. The lowest BCUT2D eigenvalue weighted by Gasteiger charge is -2.47. The number of unbranched alkanes of at least 4 members (excludes halogenated alkanes) is 2. The predicted molar refractivity (Wildman–Crippen MR) is 142 cm³/mol.